The van der Waals surface area contributed by atoms with E-state index in [1.54, 1.807) is 37.9 Å². The molecule has 1 saturated heterocycles. The molecule has 4 aromatic rings. The van der Waals surface area contributed by atoms with Crippen LogP contribution in [0.15, 0.2) is 41.3 Å². The zero-order chi connectivity index (χ0) is 32.8. The molecular formula is C33H35F2N7O3. The van der Waals surface area contributed by atoms with E-state index in [2.05, 4.69) is 15.0 Å². The summed E-state index contributed by atoms with van der Waals surface area (Å²) in [4.78, 5) is 44.0. The molecule has 1 atom stereocenters. The van der Waals surface area contributed by atoms with Gasteiger partial charge < -0.3 is 14.5 Å². The van der Waals surface area contributed by atoms with Crippen LogP contribution in [0.2, 0.25) is 0 Å². The molecule has 0 saturated carbocycles. The van der Waals surface area contributed by atoms with Crippen LogP contribution < -0.4 is 10.6 Å². The topological polar surface area (TPSA) is 117 Å². The van der Waals surface area contributed by atoms with E-state index in [0.29, 0.717) is 29.9 Å². The Morgan fingerprint density at radius 1 is 1.13 bits per heavy atom. The molecular weight excluding hydrogens is 580 g/mol. The molecule has 1 aromatic carbocycles. The number of aromatic nitrogens is 4. The fraction of sp³-hybridized carbons (Fsp3) is 0.394. The fourth-order valence-corrected chi connectivity index (χ4v) is 5.60. The number of halogens is 2. The first-order chi connectivity index (χ1) is 21.2. The summed E-state index contributed by atoms with van der Waals surface area (Å²) in [7, 11) is 0. The summed E-state index contributed by atoms with van der Waals surface area (Å²) in [5.41, 5.74) is -0.272. The molecule has 234 valence electrons. The zero-order valence-corrected chi connectivity index (χ0v) is 26.4. The molecule has 12 heteroatoms. The largest absolute Gasteiger partial charge is 0.444 e. The maximum Gasteiger partial charge on any atom is 0.410 e. The van der Waals surface area contributed by atoms with E-state index in [-0.39, 0.29) is 41.2 Å². The molecule has 1 amide bonds. The normalized spacial score (nSPS) is 15.4. The molecule has 4 heterocycles. The molecule has 10 nitrogen and oxygen atoms in total. The number of carbonyl (C=O) groups excluding carboxylic acids is 1. The highest BCUT2D eigenvalue weighted by Crippen LogP contribution is 2.35. The molecule has 0 N–H and O–H groups in total. The molecule has 0 radical (unpaired) electrons. The van der Waals surface area contributed by atoms with E-state index in [4.69, 9.17) is 4.74 Å². The van der Waals surface area contributed by atoms with E-state index in [1.165, 1.54) is 16.7 Å². The second-order valence-electron chi connectivity index (χ2n) is 12.5. The van der Waals surface area contributed by atoms with Crippen molar-refractivity contribution >= 4 is 22.9 Å². The summed E-state index contributed by atoms with van der Waals surface area (Å²) < 4.78 is 37.0. The minimum absolute atomic E-state index is 0.0708. The molecule has 0 spiro atoms. The quantitative estimate of drug-likeness (QED) is 0.280. The number of benzene rings is 1. The van der Waals surface area contributed by atoms with Gasteiger partial charge in [-0.2, -0.15) is 10.2 Å². The Morgan fingerprint density at radius 2 is 1.82 bits per heavy atom. The van der Waals surface area contributed by atoms with Gasteiger partial charge in [0.25, 0.3) is 0 Å². The fourth-order valence-electron chi connectivity index (χ4n) is 5.60. The molecule has 1 fully saturated rings. The van der Waals surface area contributed by atoms with E-state index < -0.39 is 34.6 Å². The number of hydrogen-bond acceptors (Lipinski definition) is 8. The van der Waals surface area contributed by atoms with Gasteiger partial charge in [0.15, 0.2) is 5.65 Å². The third-order valence-corrected chi connectivity index (χ3v) is 7.64. The molecule has 0 aliphatic carbocycles. The van der Waals surface area contributed by atoms with Crippen LogP contribution >= 0.6 is 0 Å². The molecule has 45 heavy (non-hydrogen) atoms. The van der Waals surface area contributed by atoms with Crippen LogP contribution in [0.25, 0.3) is 28.0 Å². The smallest absolute Gasteiger partial charge is 0.410 e. The van der Waals surface area contributed by atoms with Gasteiger partial charge in [-0.15, -0.1) is 0 Å². The maximum absolute atomic E-state index is 15.1. The van der Waals surface area contributed by atoms with Crippen molar-refractivity contribution in [1.29, 1.82) is 5.26 Å². The number of carbonyl (C=O) groups is 1. The van der Waals surface area contributed by atoms with Crippen molar-refractivity contribution in [2.45, 2.75) is 66.0 Å². The van der Waals surface area contributed by atoms with Crippen molar-refractivity contribution in [3.63, 3.8) is 0 Å². The van der Waals surface area contributed by atoms with E-state index in [0.717, 1.165) is 17.7 Å². The molecule has 1 aliphatic heterocycles. The summed E-state index contributed by atoms with van der Waals surface area (Å²) in [5.74, 6) is -1.63. The monoisotopic (exact) mass is 615 g/mol. The van der Waals surface area contributed by atoms with Crippen molar-refractivity contribution in [3.8, 4) is 23.0 Å². The van der Waals surface area contributed by atoms with Gasteiger partial charge >= 0.3 is 11.8 Å². The number of hydrogen-bond donors (Lipinski definition) is 0. The predicted molar refractivity (Wildman–Crippen MR) is 166 cm³/mol. The SMILES string of the molecule is Cc1ccnc(C(C)C)c1-n1c(=O)nc(N2CCN(C(=O)OC(C)(C)C)C[C@@H]2C)c2cc(C#N)c(-c3c(F)cccc3F)nc21. The number of aryl methyl sites for hydroxylation is 1. The Labute approximate surface area is 259 Å². The Kier molecular flexibility index (Phi) is 8.31. The summed E-state index contributed by atoms with van der Waals surface area (Å²) in [6.07, 6.45) is 1.21. The van der Waals surface area contributed by atoms with Gasteiger partial charge in [0.05, 0.1) is 33.6 Å². The van der Waals surface area contributed by atoms with Crippen molar-refractivity contribution < 1.29 is 18.3 Å². The van der Waals surface area contributed by atoms with Crippen molar-refractivity contribution in [2.75, 3.05) is 24.5 Å². The average Bonchev–Trinajstić information content (AvgIpc) is 2.96. The lowest BCUT2D eigenvalue weighted by molar-refractivity contribution is 0.0218. The minimum Gasteiger partial charge on any atom is -0.444 e. The van der Waals surface area contributed by atoms with Crippen LogP contribution in [0.4, 0.5) is 19.4 Å². The summed E-state index contributed by atoms with van der Waals surface area (Å²) in [6.45, 7) is 13.9. The lowest BCUT2D eigenvalue weighted by Crippen LogP contribution is -2.55. The molecule has 5 rings (SSSR count). The van der Waals surface area contributed by atoms with Gasteiger partial charge in [-0.3, -0.25) is 4.98 Å². The second-order valence-corrected chi connectivity index (χ2v) is 12.5. The number of nitrogens with zero attached hydrogens (tertiary/aromatic N) is 7. The zero-order valence-electron chi connectivity index (χ0n) is 26.4. The number of piperazine rings is 1. The van der Waals surface area contributed by atoms with Crippen molar-refractivity contribution in [2.24, 2.45) is 0 Å². The van der Waals surface area contributed by atoms with Gasteiger partial charge in [-0.25, -0.2) is 27.9 Å². The standard InChI is InChI=1S/C33H35F2N7O3/c1-18(2)26-28(19(3)11-12-37-26)42-30-22(15-21(16-36)27(38-30)25-23(34)9-8-10-24(25)35)29(39-31(42)43)41-14-13-40(17-20(41)4)32(44)45-33(5,6)7/h8-12,15,18,20H,13-14,17H2,1-7H3/t20-/m0/s1. The van der Waals surface area contributed by atoms with Gasteiger partial charge in [0, 0.05) is 31.9 Å². The van der Waals surface area contributed by atoms with Crippen molar-refractivity contribution in [3.05, 3.63) is 75.5 Å². The first kappa shape index (κ1) is 31.5. The Morgan fingerprint density at radius 3 is 2.42 bits per heavy atom. The number of ether oxygens (including phenoxy) is 1. The van der Waals surface area contributed by atoms with Crippen LogP contribution in [-0.4, -0.2) is 61.8 Å². The molecule has 1 aliphatic rings. The van der Waals surface area contributed by atoms with Gasteiger partial charge in [0.1, 0.15) is 29.1 Å². The minimum atomic E-state index is -0.895. The Balaban J connectivity index is 1.78. The third kappa shape index (κ3) is 5.94. The Bertz CT molecular complexity index is 1890. The first-order valence-corrected chi connectivity index (χ1v) is 14.7. The van der Waals surface area contributed by atoms with Crippen LogP contribution in [0, 0.1) is 29.9 Å². The average molecular weight is 616 g/mol. The summed E-state index contributed by atoms with van der Waals surface area (Å²) in [5, 5.41) is 10.5. The summed E-state index contributed by atoms with van der Waals surface area (Å²) in [6, 6.07) is 8.35. The number of pyridine rings is 2. The van der Waals surface area contributed by atoms with Gasteiger partial charge in [-0.05, 0) is 70.4 Å². The lowest BCUT2D eigenvalue weighted by atomic mass is 10.0. The highest BCUT2D eigenvalue weighted by atomic mass is 19.1. The number of amides is 1. The first-order valence-electron chi connectivity index (χ1n) is 14.7. The number of rotatable bonds is 4. The van der Waals surface area contributed by atoms with Gasteiger partial charge in [0.2, 0.25) is 0 Å². The third-order valence-electron chi connectivity index (χ3n) is 7.64. The van der Waals surface area contributed by atoms with E-state index >= 15 is 8.78 Å². The predicted octanol–water partition coefficient (Wildman–Crippen LogP) is 5.87. The second kappa shape index (κ2) is 11.9. The molecule has 0 unspecified atom stereocenters. The van der Waals surface area contributed by atoms with E-state index in [1.807, 2.05) is 38.7 Å². The van der Waals surface area contributed by atoms with Crippen LogP contribution in [0.1, 0.15) is 64.3 Å². The highest BCUT2D eigenvalue weighted by Gasteiger charge is 2.33. The Hall–Kier alpha value is -4.92. The number of fused-ring (bicyclic) bond motifs is 1. The van der Waals surface area contributed by atoms with Gasteiger partial charge in [-0.1, -0.05) is 19.9 Å². The molecule has 0 bridgehead atoms. The van der Waals surface area contributed by atoms with E-state index in [9.17, 15) is 14.9 Å². The number of anilines is 1. The summed E-state index contributed by atoms with van der Waals surface area (Å²) >= 11 is 0. The highest BCUT2D eigenvalue weighted by molar-refractivity contribution is 5.92. The van der Waals surface area contributed by atoms with Crippen LogP contribution in [0.5, 0.6) is 0 Å². The molecule has 3 aromatic heterocycles. The maximum atomic E-state index is 15.1. The van der Waals surface area contributed by atoms with Crippen LogP contribution in [0.3, 0.4) is 0 Å². The lowest BCUT2D eigenvalue weighted by Gasteiger charge is -2.41. The number of nitriles is 1. The van der Waals surface area contributed by atoms with Crippen molar-refractivity contribution in [1.82, 2.24) is 24.4 Å². The van der Waals surface area contributed by atoms with Crippen LogP contribution in [-0.2, 0) is 4.74 Å².